The Morgan fingerprint density at radius 2 is 1.71 bits per heavy atom. The molecule has 0 bridgehead atoms. The Bertz CT molecular complexity index is 672. The second-order valence-corrected chi connectivity index (χ2v) is 6.38. The fourth-order valence-electron chi connectivity index (χ4n) is 3.22. The first-order valence-electron chi connectivity index (χ1n) is 8.60. The van der Waals surface area contributed by atoms with Gasteiger partial charge in [-0.25, -0.2) is 4.79 Å². The van der Waals surface area contributed by atoms with Crippen LogP contribution in [0.5, 0.6) is 0 Å². The molecule has 4 nitrogen and oxygen atoms in total. The monoisotopic (exact) mass is 324 g/mol. The number of amides is 2. The van der Waals surface area contributed by atoms with Gasteiger partial charge in [0.25, 0.3) is 0 Å². The van der Waals surface area contributed by atoms with Crippen LogP contribution in [-0.2, 0) is 6.42 Å². The van der Waals surface area contributed by atoms with E-state index in [-0.39, 0.29) is 12.1 Å². The average molecular weight is 324 g/mol. The van der Waals surface area contributed by atoms with Crippen LogP contribution in [0.25, 0.3) is 0 Å². The average Bonchev–Trinajstić information content (AvgIpc) is 2.60. The third-order valence-corrected chi connectivity index (χ3v) is 4.55. The molecule has 0 heterocycles. The van der Waals surface area contributed by atoms with Gasteiger partial charge in [-0.3, -0.25) is 0 Å². The van der Waals surface area contributed by atoms with Crippen molar-refractivity contribution in [1.82, 2.24) is 5.32 Å². The van der Waals surface area contributed by atoms with Crippen LogP contribution in [0.4, 0.5) is 10.5 Å². The molecule has 1 aliphatic rings. The summed E-state index contributed by atoms with van der Waals surface area (Å²) in [6.45, 7) is 0. The Morgan fingerprint density at radius 1 is 1.00 bits per heavy atom. The van der Waals surface area contributed by atoms with E-state index < -0.39 is 6.10 Å². The first kappa shape index (κ1) is 16.5. The summed E-state index contributed by atoms with van der Waals surface area (Å²) >= 11 is 0. The highest BCUT2D eigenvalue weighted by Gasteiger charge is 2.24. The number of para-hydroxylation sites is 1. The number of benzene rings is 2. The normalized spacial score (nSPS) is 20.4. The van der Waals surface area contributed by atoms with Crippen LogP contribution < -0.4 is 10.6 Å². The lowest BCUT2D eigenvalue weighted by Gasteiger charge is -2.28. The predicted octanol–water partition coefficient (Wildman–Crippen LogP) is 3.70. The van der Waals surface area contributed by atoms with Gasteiger partial charge in [-0.1, -0.05) is 61.4 Å². The molecule has 0 saturated heterocycles. The molecule has 2 unspecified atom stereocenters. The Kier molecular flexibility index (Phi) is 5.49. The third-order valence-electron chi connectivity index (χ3n) is 4.55. The van der Waals surface area contributed by atoms with Gasteiger partial charge >= 0.3 is 6.03 Å². The van der Waals surface area contributed by atoms with Gasteiger partial charge < -0.3 is 15.7 Å². The van der Waals surface area contributed by atoms with Crippen LogP contribution in [0.1, 0.15) is 36.8 Å². The zero-order valence-corrected chi connectivity index (χ0v) is 13.7. The maximum absolute atomic E-state index is 12.3. The Balaban J connectivity index is 1.65. The number of hydrogen-bond donors (Lipinski definition) is 3. The summed E-state index contributed by atoms with van der Waals surface area (Å²) < 4.78 is 0. The summed E-state index contributed by atoms with van der Waals surface area (Å²) in [6.07, 6.45) is 4.00. The van der Waals surface area contributed by atoms with Crippen molar-refractivity contribution in [2.75, 3.05) is 5.32 Å². The lowest BCUT2D eigenvalue weighted by atomic mass is 9.93. The molecular formula is C20H24N2O2. The van der Waals surface area contributed by atoms with E-state index in [0.717, 1.165) is 43.4 Å². The van der Waals surface area contributed by atoms with E-state index in [2.05, 4.69) is 22.8 Å². The standard InChI is InChI=1S/C20H24N2O2/c23-19-13-7-6-12-18(19)22-20(24)21-17-11-5-4-10-16(17)14-15-8-2-1-3-9-15/h1-5,8-11,18-19,23H,6-7,12-14H2,(H2,21,22,24). The molecule has 4 heteroatoms. The van der Waals surface area contributed by atoms with Gasteiger partial charge in [-0.2, -0.15) is 0 Å². The molecule has 2 aromatic carbocycles. The maximum atomic E-state index is 12.3. The van der Waals surface area contributed by atoms with E-state index in [1.54, 1.807) is 0 Å². The highest BCUT2D eigenvalue weighted by atomic mass is 16.3. The topological polar surface area (TPSA) is 61.4 Å². The SMILES string of the molecule is O=C(Nc1ccccc1Cc1ccccc1)NC1CCCCC1O. The van der Waals surface area contributed by atoms with Crippen molar-refractivity contribution in [3.8, 4) is 0 Å². The fourth-order valence-corrected chi connectivity index (χ4v) is 3.22. The zero-order valence-electron chi connectivity index (χ0n) is 13.7. The molecule has 0 radical (unpaired) electrons. The molecule has 1 fully saturated rings. The highest BCUT2D eigenvalue weighted by Crippen LogP contribution is 2.21. The largest absolute Gasteiger partial charge is 0.391 e. The smallest absolute Gasteiger partial charge is 0.319 e. The van der Waals surface area contributed by atoms with Gasteiger partial charge in [0, 0.05) is 5.69 Å². The number of carbonyl (C=O) groups excluding carboxylic acids is 1. The van der Waals surface area contributed by atoms with E-state index >= 15 is 0 Å². The molecule has 0 aromatic heterocycles. The first-order valence-corrected chi connectivity index (χ1v) is 8.60. The van der Waals surface area contributed by atoms with E-state index in [9.17, 15) is 9.90 Å². The van der Waals surface area contributed by atoms with Gasteiger partial charge in [-0.15, -0.1) is 0 Å². The number of anilines is 1. The number of rotatable bonds is 4. The summed E-state index contributed by atoms with van der Waals surface area (Å²) in [5.41, 5.74) is 3.09. The lowest BCUT2D eigenvalue weighted by molar-refractivity contribution is 0.0955. The minimum atomic E-state index is -0.441. The molecule has 1 saturated carbocycles. The van der Waals surface area contributed by atoms with Crippen molar-refractivity contribution in [1.29, 1.82) is 0 Å². The number of urea groups is 1. The Morgan fingerprint density at radius 3 is 2.50 bits per heavy atom. The number of aliphatic hydroxyl groups excluding tert-OH is 1. The van der Waals surface area contributed by atoms with Gasteiger partial charge in [0.15, 0.2) is 0 Å². The first-order chi connectivity index (χ1) is 11.7. The summed E-state index contributed by atoms with van der Waals surface area (Å²) in [4.78, 5) is 12.3. The molecule has 1 aliphatic carbocycles. The summed E-state index contributed by atoms with van der Waals surface area (Å²) in [5.74, 6) is 0. The van der Waals surface area contributed by atoms with Crippen LogP contribution >= 0.6 is 0 Å². The van der Waals surface area contributed by atoms with Crippen LogP contribution in [0.15, 0.2) is 54.6 Å². The number of aliphatic hydroxyl groups is 1. The molecule has 3 N–H and O–H groups in total. The molecule has 0 spiro atoms. The van der Waals surface area contributed by atoms with Crippen molar-refractivity contribution in [2.45, 2.75) is 44.2 Å². The lowest BCUT2D eigenvalue weighted by Crippen LogP contribution is -2.46. The summed E-state index contributed by atoms with van der Waals surface area (Å²) in [7, 11) is 0. The van der Waals surface area contributed by atoms with Gasteiger partial charge in [0.1, 0.15) is 0 Å². The van der Waals surface area contributed by atoms with Crippen molar-refractivity contribution in [3.63, 3.8) is 0 Å². The van der Waals surface area contributed by atoms with Crippen molar-refractivity contribution < 1.29 is 9.90 Å². The quantitative estimate of drug-likeness (QED) is 0.803. The number of hydrogen-bond acceptors (Lipinski definition) is 2. The molecule has 2 atom stereocenters. The fraction of sp³-hybridized carbons (Fsp3) is 0.350. The highest BCUT2D eigenvalue weighted by molar-refractivity contribution is 5.90. The minimum absolute atomic E-state index is 0.153. The van der Waals surface area contributed by atoms with Crippen LogP contribution in [0.3, 0.4) is 0 Å². The second-order valence-electron chi connectivity index (χ2n) is 6.38. The number of carbonyl (C=O) groups is 1. The van der Waals surface area contributed by atoms with Crippen LogP contribution in [-0.4, -0.2) is 23.3 Å². The third kappa shape index (κ3) is 4.36. The molecule has 24 heavy (non-hydrogen) atoms. The molecule has 2 amide bonds. The van der Waals surface area contributed by atoms with Gasteiger partial charge in [-0.05, 0) is 36.5 Å². The molecular weight excluding hydrogens is 300 g/mol. The van der Waals surface area contributed by atoms with Crippen LogP contribution in [0, 0.1) is 0 Å². The molecule has 126 valence electrons. The predicted molar refractivity (Wildman–Crippen MR) is 96.1 cm³/mol. The van der Waals surface area contributed by atoms with E-state index in [1.165, 1.54) is 5.56 Å². The van der Waals surface area contributed by atoms with Crippen molar-refractivity contribution >= 4 is 11.7 Å². The molecule has 3 rings (SSSR count). The Hall–Kier alpha value is -2.33. The maximum Gasteiger partial charge on any atom is 0.319 e. The summed E-state index contributed by atoms with van der Waals surface area (Å²) in [5, 5.41) is 15.8. The van der Waals surface area contributed by atoms with E-state index in [1.807, 2.05) is 42.5 Å². The number of nitrogens with one attached hydrogen (secondary N) is 2. The minimum Gasteiger partial charge on any atom is -0.391 e. The molecule has 0 aliphatic heterocycles. The zero-order chi connectivity index (χ0) is 16.8. The van der Waals surface area contributed by atoms with Crippen molar-refractivity contribution in [2.24, 2.45) is 0 Å². The van der Waals surface area contributed by atoms with Crippen LogP contribution in [0.2, 0.25) is 0 Å². The van der Waals surface area contributed by atoms with Crippen molar-refractivity contribution in [3.05, 3.63) is 65.7 Å². The molecule has 2 aromatic rings. The van der Waals surface area contributed by atoms with E-state index in [4.69, 9.17) is 0 Å². The second kappa shape index (κ2) is 7.97. The Labute approximate surface area is 142 Å². The van der Waals surface area contributed by atoms with E-state index in [0.29, 0.717) is 0 Å². The van der Waals surface area contributed by atoms with Gasteiger partial charge in [0.2, 0.25) is 0 Å². The van der Waals surface area contributed by atoms with Gasteiger partial charge in [0.05, 0.1) is 12.1 Å². The summed E-state index contributed by atoms with van der Waals surface area (Å²) in [6, 6.07) is 17.6.